The monoisotopic (exact) mass is 350 g/mol. The molecule has 0 aromatic heterocycles. The Labute approximate surface area is 136 Å². The molecule has 0 aliphatic carbocycles. The summed E-state index contributed by atoms with van der Waals surface area (Å²) in [5.74, 6) is -2.36. The minimum atomic E-state index is -2.32. The minimum Gasteiger partial charge on any atom is -0.283 e. The molecule has 0 saturated carbocycles. The zero-order chi connectivity index (χ0) is 13.5. The Balaban J connectivity index is 0.00000324. The van der Waals surface area contributed by atoms with Crippen molar-refractivity contribution in [3.05, 3.63) is 41.3 Å². The standard InChI is InChI=1S/C14H17F4.Y/c1-2-3-4-5-6-7-10-8-11(15)13(14(17)18)12(16)9-10;/h8-9H,2-7H2,1H3;/q-1;+3. The molecule has 0 atom stereocenters. The van der Waals surface area contributed by atoms with Crippen LogP contribution in [0.1, 0.15) is 50.2 Å². The van der Waals surface area contributed by atoms with Gasteiger partial charge in [-0.05, 0) is 12.8 Å². The Kier molecular flexibility index (Phi) is 9.72. The third kappa shape index (κ3) is 6.26. The molecule has 0 unspecified atom stereocenters. The van der Waals surface area contributed by atoms with Crippen molar-refractivity contribution in [1.82, 2.24) is 0 Å². The van der Waals surface area contributed by atoms with Gasteiger partial charge in [-0.15, -0.1) is 0 Å². The van der Waals surface area contributed by atoms with Gasteiger partial charge in [0.1, 0.15) is 0 Å². The van der Waals surface area contributed by atoms with E-state index < -0.39 is 23.6 Å². The molecule has 1 aromatic carbocycles. The fourth-order valence-electron chi connectivity index (χ4n) is 1.88. The Morgan fingerprint density at radius 2 is 1.47 bits per heavy atom. The van der Waals surface area contributed by atoms with E-state index in [0.29, 0.717) is 12.0 Å². The predicted octanol–water partition coefficient (Wildman–Crippen LogP) is 5.25. The van der Waals surface area contributed by atoms with Crippen LogP contribution in [0.4, 0.5) is 17.6 Å². The average molecular weight is 350 g/mol. The summed E-state index contributed by atoms with van der Waals surface area (Å²) in [6, 6.07) is 1.99. The predicted molar refractivity (Wildman–Crippen MR) is 63.4 cm³/mol. The molecule has 0 heterocycles. The van der Waals surface area contributed by atoms with E-state index in [4.69, 9.17) is 0 Å². The van der Waals surface area contributed by atoms with Crippen LogP contribution in [0.5, 0.6) is 0 Å². The van der Waals surface area contributed by atoms with Crippen molar-refractivity contribution in [2.75, 3.05) is 0 Å². The summed E-state index contributed by atoms with van der Waals surface area (Å²) in [6.07, 6.45) is 3.37. The normalized spacial score (nSPS) is 10.2. The summed E-state index contributed by atoms with van der Waals surface area (Å²) in [6.45, 7) is 2.10. The van der Waals surface area contributed by atoms with Crippen molar-refractivity contribution in [3.63, 3.8) is 0 Å². The summed E-state index contributed by atoms with van der Waals surface area (Å²) in [5, 5.41) is 0. The first kappa shape index (κ1) is 18.9. The Morgan fingerprint density at radius 1 is 0.947 bits per heavy atom. The zero-order valence-electron chi connectivity index (χ0n) is 11.0. The molecule has 0 saturated heterocycles. The topological polar surface area (TPSA) is 0 Å². The number of hydrogen-bond donors (Lipinski definition) is 0. The van der Waals surface area contributed by atoms with Crippen LogP contribution in [0.3, 0.4) is 0 Å². The van der Waals surface area contributed by atoms with Crippen LogP contribution in [0.15, 0.2) is 12.1 Å². The van der Waals surface area contributed by atoms with Gasteiger partial charge in [-0.2, -0.15) is 0 Å². The smallest absolute Gasteiger partial charge is 0.283 e. The van der Waals surface area contributed by atoms with Crippen LogP contribution >= 0.6 is 0 Å². The van der Waals surface area contributed by atoms with E-state index in [-0.39, 0.29) is 32.7 Å². The van der Waals surface area contributed by atoms with E-state index in [2.05, 4.69) is 6.92 Å². The first-order valence-electron chi connectivity index (χ1n) is 6.22. The molecule has 5 heteroatoms. The Morgan fingerprint density at radius 3 is 1.95 bits per heavy atom. The van der Waals surface area contributed by atoms with E-state index >= 15 is 0 Å². The fourth-order valence-corrected chi connectivity index (χ4v) is 1.88. The van der Waals surface area contributed by atoms with Gasteiger partial charge in [0.05, 0.1) is 0 Å². The number of hydrogen-bond acceptors (Lipinski definition) is 0. The van der Waals surface area contributed by atoms with Gasteiger partial charge in [-0.1, -0.05) is 55.9 Å². The number of rotatable bonds is 7. The van der Waals surface area contributed by atoms with E-state index in [1.807, 2.05) is 0 Å². The first-order valence-corrected chi connectivity index (χ1v) is 6.22. The van der Waals surface area contributed by atoms with Crippen molar-refractivity contribution in [1.29, 1.82) is 0 Å². The molecule has 0 bridgehead atoms. The molecule has 1 rings (SSSR count). The molecule has 0 fully saturated rings. The second kappa shape index (κ2) is 9.76. The van der Waals surface area contributed by atoms with Crippen LogP contribution in [-0.4, -0.2) is 0 Å². The van der Waals surface area contributed by atoms with Gasteiger partial charge in [0.15, 0.2) is 6.43 Å². The van der Waals surface area contributed by atoms with Crippen molar-refractivity contribution < 1.29 is 50.3 Å². The largest absolute Gasteiger partial charge is 3.00 e. The van der Waals surface area contributed by atoms with Crippen molar-refractivity contribution in [2.24, 2.45) is 0 Å². The van der Waals surface area contributed by atoms with Gasteiger partial charge in [0.2, 0.25) is 0 Å². The van der Waals surface area contributed by atoms with Crippen LogP contribution < -0.4 is 0 Å². The van der Waals surface area contributed by atoms with E-state index in [1.165, 1.54) is 0 Å². The van der Waals surface area contributed by atoms with Gasteiger partial charge in [0, 0.05) is 11.6 Å². The van der Waals surface area contributed by atoms with Crippen LogP contribution in [0, 0.1) is 18.1 Å². The van der Waals surface area contributed by atoms with Gasteiger partial charge >= 0.3 is 32.7 Å². The molecule has 0 N–H and O–H groups in total. The molecule has 0 spiro atoms. The second-order valence-corrected chi connectivity index (χ2v) is 4.36. The van der Waals surface area contributed by atoms with Crippen LogP contribution in [-0.2, 0) is 39.1 Å². The summed E-state index contributed by atoms with van der Waals surface area (Å²) in [7, 11) is 0. The quantitative estimate of drug-likeness (QED) is 0.358. The maximum atomic E-state index is 13.3. The molecule has 1 aromatic rings. The molecule has 0 nitrogen and oxygen atoms in total. The average Bonchev–Trinajstić information content (AvgIpc) is 2.27. The van der Waals surface area contributed by atoms with E-state index in [0.717, 1.165) is 44.2 Å². The summed E-state index contributed by atoms with van der Waals surface area (Å²) >= 11 is 0. The third-order valence-corrected chi connectivity index (χ3v) is 2.86. The van der Waals surface area contributed by atoms with Crippen molar-refractivity contribution in [2.45, 2.75) is 45.4 Å². The zero-order valence-corrected chi connectivity index (χ0v) is 13.8. The van der Waals surface area contributed by atoms with Gasteiger partial charge in [0.25, 0.3) is 0 Å². The van der Waals surface area contributed by atoms with Crippen LogP contribution in [0.25, 0.3) is 0 Å². The van der Waals surface area contributed by atoms with E-state index in [1.54, 1.807) is 0 Å². The number of aryl methyl sites for hydroxylation is 1. The van der Waals surface area contributed by atoms with Gasteiger partial charge < -0.3 is 0 Å². The number of halogens is 4. The molecule has 19 heavy (non-hydrogen) atoms. The molecule has 102 valence electrons. The van der Waals surface area contributed by atoms with Crippen LogP contribution in [0.2, 0.25) is 0 Å². The van der Waals surface area contributed by atoms with Crippen molar-refractivity contribution >= 4 is 0 Å². The van der Waals surface area contributed by atoms with Gasteiger partial charge in [-0.3, -0.25) is 17.6 Å². The summed E-state index contributed by atoms with van der Waals surface area (Å²) in [4.78, 5) is 0. The molecular weight excluding hydrogens is 333 g/mol. The molecule has 0 aliphatic heterocycles. The number of benzene rings is 1. The van der Waals surface area contributed by atoms with Crippen molar-refractivity contribution in [3.8, 4) is 0 Å². The Hall–Kier alpha value is -0.0861. The molecule has 0 amide bonds. The van der Waals surface area contributed by atoms with E-state index in [9.17, 15) is 17.6 Å². The Bertz CT molecular complexity index is 357. The minimum absolute atomic E-state index is 0. The number of unbranched alkanes of at least 4 members (excludes halogenated alkanes) is 4. The second-order valence-electron chi connectivity index (χ2n) is 4.36. The summed E-state index contributed by atoms with van der Waals surface area (Å²) < 4.78 is 51.0. The summed E-state index contributed by atoms with van der Waals surface area (Å²) in [5.41, 5.74) is -0.767. The molecular formula is C14H17F4Y+2. The molecule has 0 radical (unpaired) electrons. The fraction of sp³-hybridized carbons (Fsp3) is 0.500. The first-order chi connectivity index (χ1) is 8.56. The van der Waals surface area contributed by atoms with Gasteiger partial charge in [-0.25, -0.2) is 0 Å². The maximum absolute atomic E-state index is 13.3. The maximum Gasteiger partial charge on any atom is 3.00 e. The SMILES string of the molecule is CCCCCCCc1cc(F)c([C-](F)F)c(F)c1.[Y+3]. The third-order valence-electron chi connectivity index (χ3n) is 2.86. The molecule has 0 aliphatic rings.